The Kier molecular flexibility index (Phi) is 12.1. The summed E-state index contributed by atoms with van der Waals surface area (Å²) in [6, 6.07) is 10.7. The summed E-state index contributed by atoms with van der Waals surface area (Å²) in [7, 11) is 1.37. The highest BCUT2D eigenvalue weighted by Gasteiger charge is 2.42. The van der Waals surface area contributed by atoms with Gasteiger partial charge >= 0.3 is 17.9 Å². The first-order valence-corrected chi connectivity index (χ1v) is 14.4. The number of methoxy groups -OCH3 is 1. The molecule has 1 aromatic carbocycles. The molecule has 1 fully saturated rings. The molecule has 2 N–H and O–H groups in total. The number of esters is 3. The van der Waals surface area contributed by atoms with Gasteiger partial charge in [-0.05, 0) is 32.8 Å². The summed E-state index contributed by atoms with van der Waals surface area (Å²) >= 11 is 0. The van der Waals surface area contributed by atoms with Crippen molar-refractivity contribution in [2.45, 2.75) is 53.2 Å². The van der Waals surface area contributed by atoms with Crippen LogP contribution in [0.15, 0.2) is 65.9 Å². The van der Waals surface area contributed by atoms with Gasteiger partial charge in [0.2, 0.25) is 0 Å². The van der Waals surface area contributed by atoms with E-state index in [1.807, 2.05) is 30.3 Å². The number of ether oxygens (including phenoxy) is 4. The van der Waals surface area contributed by atoms with E-state index in [9.17, 15) is 24.3 Å². The standard InChI is InChI=1S/C33H40N2O9/c1-19(2)31(38)44-29-22(5)43-33(40)25(18-42-32(39)24(29)17-23-10-8-7-9-11-23)21(4)16-20(3)12-14-35-30(37)27-28(36)26(41-6)13-15-34-27/h7-13,15-16,19,22,24-25,29,36H,14,17-18H2,1-6H3,(H,35,37)/b20-12+,21-16?. The lowest BCUT2D eigenvalue weighted by Crippen LogP contribution is -2.43. The number of hydrogen-bond acceptors (Lipinski definition) is 10. The molecular weight excluding hydrogens is 568 g/mol. The van der Waals surface area contributed by atoms with Gasteiger partial charge in [-0.2, -0.15) is 0 Å². The average molecular weight is 609 g/mol. The fourth-order valence-electron chi connectivity index (χ4n) is 4.64. The highest BCUT2D eigenvalue weighted by Crippen LogP contribution is 2.28. The number of carbonyl (C=O) groups is 4. The Hall–Kier alpha value is -4.67. The Bertz CT molecular complexity index is 1400. The maximum atomic E-state index is 13.4. The van der Waals surface area contributed by atoms with Gasteiger partial charge < -0.3 is 29.4 Å². The van der Waals surface area contributed by atoms with Crippen LogP contribution in [-0.4, -0.2) is 66.4 Å². The molecule has 1 aliphatic heterocycles. The van der Waals surface area contributed by atoms with Crippen LogP contribution in [0.3, 0.4) is 0 Å². The third kappa shape index (κ3) is 8.92. The maximum Gasteiger partial charge on any atom is 0.316 e. The van der Waals surface area contributed by atoms with E-state index in [-0.39, 0.29) is 36.8 Å². The predicted octanol–water partition coefficient (Wildman–Crippen LogP) is 3.95. The first-order valence-electron chi connectivity index (χ1n) is 14.4. The first kappa shape index (κ1) is 33.8. The fourth-order valence-corrected chi connectivity index (χ4v) is 4.64. The third-order valence-electron chi connectivity index (χ3n) is 7.18. The van der Waals surface area contributed by atoms with Crippen LogP contribution in [0.5, 0.6) is 11.5 Å². The SMILES string of the molecule is COc1ccnc(C(=O)NC/C=C(\C)C=C(C)C2COC(=O)C(Cc3ccccc3)C(OC(=O)C(C)C)C(C)OC2=O)c1O. The molecule has 44 heavy (non-hydrogen) atoms. The van der Waals surface area contributed by atoms with Crippen LogP contribution >= 0.6 is 0 Å². The molecule has 4 unspecified atom stereocenters. The molecule has 236 valence electrons. The number of allylic oxidation sites excluding steroid dienone is 2. The van der Waals surface area contributed by atoms with Crippen molar-refractivity contribution in [2.75, 3.05) is 20.3 Å². The van der Waals surface area contributed by atoms with Gasteiger partial charge in [-0.1, -0.05) is 67.5 Å². The smallest absolute Gasteiger partial charge is 0.316 e. The van der Waals surface area contributed by atoms with Gasteiger partial charge in [0.1, 0.15) is 24.5 Å². The summed E-state index contributed by atoms with van der Waals surface area (Å²) in [5.74, 6) is -4.81. The molecule has 1 saturated heterocycles. The van der Waals surface area contributed by atoms with E-state index in [0.717, 1.165) is 5.56 Å². The fraction of sp³-hybridized carbons (Fsp3) is 0.424. The van der Waals surface area contributed by atoms with Crippen molar-refractivity contribution in [2.24, 2.45) is 17.8 Å². The lowest BCUT2D eigenvalue weighted by Gasteiger charge is -2.29. The number of nitrogens with one attached hydrogen (secondary N) is 1. The number of nitrogens with zero attached hydrogens (tertiary/aromatic N) is 1. The van der Waals surface area contributed by atoms with E-state index in [0.29, 0.717) is 11.1 Å². The molecule has 1 aromatic heterocycles. The molecule has 2 heterocycles. The van der Waals surface area contributed by atoms with Crippen LogP contribution in [0.25, 0.3) is 0 Å². The Labute approximate surface area is 257 Å². The quantitative estimate of drug-likeness (QED) is 0.231. The molecule has 4 atom stereocenters. The highest BCUT2D eigenvalue weighted by molar-refractivity contribution is 5.95. The summed E-state index contributed by atoms with van der Waals surface area (Å²) in [6.45, 7) is 8.32. The molecule has 1 amide bonds. The van der Waals surface area contributed by atoms with Crippen molar-refractivity contribution < 1.29 is 43.2 Å². The molecule has 0 radical (unpaired) electrons. The number of carbonyl (C=O) groups excluding carboxylic acids is 4. The zero-order chi connectivity index (χ0) is 32.4. The number of aromatic nitrogens is 1. The van der Waals surface area contributed by atoms with Crippen LogP contribution in [0.2, 0.25) is 0 Å². The zero-order valence-electron chi connectivity index (χ0n) is 25.9. The second-order valence-corrected chi connectivity index (χ2v) is 10.9. The third-order valence-corrected chi connectivity index (χ3v) is 7.18. The molecule has 2 aromatic rings. The number of hydrogen-bond donors (Lipinski definition) is 2. The van der Waals surface area contributed by atoms with E-state index in [1.54, 1.807) is 46.8 Å². The summed E-state index contributed by atoms with van der Waals surface area (Å²) in [5.41, 5.74) is 1.95. The van der Waals surface area contributed by atoms with Gasteiger partial charge in [0, 0.05) is 18.8 Å². The highest BCUT2D eigenvalue weighted by atomic mass is 16.6. The minimum Gasteiger partial charge on any atom is -0.503 e. The van der Waals surface area contributed by atoms with Gasteiger partial charge in [-0.15, -0.1) is 0 Å². The molecular formula is C33H40N2O9. The average Bonchev–Trinajstić information content (AvgIpc) is 3.02. The van der Waals surface area contributed by atoms with Gasteiger partial charge in [0.05, 0.1) is 13.0 Å². The minimum atomic E-state index is -1.05. The Balaban J connectivity index is 1.77. The van der Waals surface area contributed by atoms with E-state index in [4.69, 9.17) is 18.9 Å². The van der Waals surface area contributed by atoms with Crippen LogP contribution in [0.1, 0.15) is 50.7 Å². The van der Waals surface area contributed by atoms with Crippen molar-refractivity contribution in [3.8, 4) is 11.5 Å². The van der Waals surface area contributed by atoms with Crippen molar-refractivity contribution in [3.63, 3.8) is 0 Å². The second kappa shape index (κ2) is 15.7. The van der Waals surface area contributed by atoms with Crippen molar-refractivity contribution in [1.29, 1.82) is 0 Å². The second-order valence-electron chi connectivity index (χ2n) is 10.9. The Morgan fingerprint density at radius 2 is 1.84 bits per heavy atom. The Morgan fingerprint density at radius 1 is 1.14 bits per heavy atom. The van der Waals surface area contributed by atoms with Crippen LogP contribution in [0.4, 0.5) is 0 Å². The van der Waals surface area contributed by atoms with E-state index >= 15 is 0 Å². The summed E-state index contributed by atoms with van der Waals surface area (Å²) in [5, 5.41) is 12.8. The van der Waals surface area contributed by atoms with Crippen LogP contribution < -0.4 is 10.1 Å². The number of rotatable bonds is 10. The van der Waals surface area contributed by atoms with Crippen molar-refractivity contribution in [3.05, 3.63) is 77.2 Å². The lowest BCUT2D eigenvalue weighted by molar-refractivity contribution is -0.176. The molecule has 0 saturated carbocycles. The van der Waals surface area contributed by atoms with Gasteiger partial charge in [-0.3, -0.25) is 19.2 Å². The topological polar surface area (TPSA) is 150 Å². The maximum absolute atomic E-state index is 13.4. The van der Waals surface area contributed by atoms with Gasteiger partial charge in [0.25, 0.3) is 5.91 Å². The Morgan fingerprint density at radius 3 is 2.50 bits per heavy atom. The summed E-state index contributed by atoms with van der Waals surface area (Å²) < 4.78 is 22.2. The molecule has 11 nitrogen and oxygen atoms in total. The number of amides is 1. The first-order chi connectivity index (χ1) is 20.9. The summed E-state index contributed by atoms with van der Waals surface area (Å²) in [4.78, 5) is 55.7. The molecule has 1 aliphatic rings. The lowest BCUT2D eigenvalue weighted by atomic mass is 9.91. The van der Waals surface area contributed by atoms with Gasteiger partial charge in [-0.25, -0.2) is 4.98 Å². The van der Waals surface area contributed by atoms with Crippen molar-refractivity contribution >= 4 is 23.8 Å². The molecule has 11 heteroatoms. The number of cyclic esters (lactones) is 2. The summed E-state index contributed by atoms with van der Waals surface area (Å²) in [6.07, 6.45) is 3.05. The minimum absolute atomic E-state index is 0.109. The molecule has 0 aliphatic carbocycles. The molecule has 3 rings (SSSR count). The number of benzene rings is 1. The molecule has 0 bridgehead atoms. The normalized spacial score (nSPS) is 21.3. The van der Waals surface area contributed by atoms with E-state index in [2.05, 4.69) is 10.3 Å². The largest absolute Gasteiger partial charge is 0.503 e. The van der Waals surface area contributed by atoms with Crippen LogP contribution in [-0.2, 0) is 35.0 Å². The van der Waals surface area contributed by atoms with Gasteiger partial charge in [0.15, 0.2) is 23.3 Å². The monoisotopic (exact) mass is 608 g/mol. The predicted molar refractivity (Wildman–Crippen MR) is 161 cm³/mol. The van der Waals surface area contributed by atoms with Crippen molar-refractivity contribution in [1.82, 2.24) is 10.3 Å². The van der Waals surface area contributed by atoms with E-state index < -0.39 is 53.8 Å². The number of aromatic hydroxyl groups is 1. The van der Waals surface area contributed by atoms with Crippen LogP contribution in [0, 0.1) is 17.8 Å². The zero-order valence-corrected chi connectivity index (χ0v) is 25.9. The van der Waals surface area contributed by atoms with E-state index in [1.165, 1.54) is 19.4 Å². The number of pyridine rings is 1. The molecule has 0 spiro atoms.